The fourth-order valence-corrected chi connectivity index (χ4v) is 1.60. The zero-order valence-corrected chi connectivity index (χ0v) is 8.78. The molecule has 13 heavy (non-hydrogen) atoms. The van der Waals surface area contributed by atoms with Gasteiger partial charge in [0.25, 0.3) is 0 Å². The van der Waals surface area contributed by atoms with Crippen LogP contribution >= 0.6 is 0 Å². The van der Waals surface area contributed by atoms with E-state index in [2.05, 4.69) is 21.3 Å². The zero-order valence-electron chi connectivity index (χ0n) is 7.96. The van der Waals surface area contributed by atoms with Crippen LogP contribution in [0.3, 0.4) is 0 Å². The van der Waals surface area contributed by atoms with Crippen molar-refractivity contribution in [3.63, 3.8) is 0 Å². The van der Waals surface area contributed by atoms with Crippen LogP contribution in [0.15, 0.2) is 0 Å². The van der Waals surface area contributed by atoms with E-state index in [4.69, 9.17) is 0 Å². The maximum atomic E-state index is 11.1. The molecule has 0 aromatic rings. The highest BCUT2D eigenvalue weighted by atomic mass is 32.2. The number of ether oxygens (including phenoxy) is 1. The van der Waals surface area contributed by atoms with Crippen LogP contribution < -0.4 is 4.72 Å². The highest BCUT2D eigenvalue weighted by molar-refractivity contribution is 7.89. The molecule has 0 aliphatic rings. The summed E-state index contributed by atoms with van der Waals surface area (Å²) in [5.41, 5.74) is 0. The van der Waals surface area contributed by atoms with Crippen LogP contribution in [0.5, 0.6) is 0 Å². The monoisotopic (exact) mass is 205 g/mol. The topological polar surface area (TPSA) is 55.4 Å². The molecule has 0 amide bonds. The summed E-state index contributed by atoms with van der Waals surface area (Å²) in [4.78, 5) is 0. The summed E-state index contributed by atoms with van der Waals surface area (Å²) in [5.74, 6) is 5.46. The van der Waals surface area contributed by atoms with Gasteiger partial charge in [0.1, 0.15) is 0 Å². The smallest absolute Gasteiger partial charge is 0.213 e. The molecule has 1 N–H and O–H groups in total. The first-order chi connectivity index (χ1) is 6.12. The van der Waals surface area contributed by atoms with Crippen LogP contribution in [0.25, 0.3) is 0 Å². The van der Waals surface area contributed by atoms with Gasteiger partial charge < -0.3 is 4.74 Å². The molecule has 5 heteroatoms. The van der Waals surface area contributed by atoms with Gasteiger partial charge in [0.05, 0.1) is 12.4 Å². The molecule has 0 aliphatic carbocycles. The molecule has 0 aromatic heterocycles. The van der Waals surface area contributed by atoms with Gasteiger partial charge in [-0.05, 0) is 6.92 Å². The number of sulfonamides is 1. The number of hydrogen-bond acceptors (Lipinski definition) is 3. The molecule has 0 atom stereocenters. The van der Waals surface area contributed by atoms with E-state index in [-0.39, 0.29) is 12.4 Å². The van der Waals surface area contributed by atoms with Gasteiger partial charge in [-0.1, -0.05) is 0 Å². The maximum absolute atomic E-state index is 11.1. The van der Waals surface area contributed by atoms with Crippen molar-refractivity contribution in [1.29, 1.82) is 0 Å². The van der Waals surface area contributed by atoms with Crippen molar-refractivity contribution >= 4 is 10.0 Å². The van der Waals surface area contributed by atoms with Gasteiger partial charge in [-0.2, -0.15) is 0 Å². The molecular weight excluding hydrogens is 190 g/mol. The van der Waals surface area contributed by atoms with E-state index in [1.165, 1.54) is 7.11 Å². The Morgan fingerprint density at radius 2 is 2.15 bits per heavy atom. The Kier molecular flexibility index (Phi) is 6.59. The Labute approximate surface area is 79.7 Å². The van der Waals surface area contributed by atoms with E-state index in [1.807, 2.05) is 0 Å². The highest BCUT2D eigenvalue weighted by Gasteiger charge is 2.07. The molecule has 0 aliphatic heterocycles. The molecule has 0 saturated heterocycles. The van der Waals surface area contributed by atoms with Crippen LogP contribution in [0.1, 0.15) is 13.3 Å². The van der Waals surface area contributed by atoms with Gasteiger partial charge in [-0.3, -0.25) is 0 Å². The average molecular weight is 205 g/mol. The normalized spacial score (nSPS) is 10.6. The molecule has 0 rings (SSSR count). The van der Waals surface area contributed by atoms with Gasteiger partial charge in [-0.15, -0.1) is 11.8 Å². The Morgan fingerprint density at radius 3 is 2.69 bits per heavy atom. The van der Waals surface area contributed by atoms with Gasteiger partial charge >= 0.3 is 0 Å². The third kappa shape index (κ3) is 7.78. The van der Waals surface area contributed by atoms with E-state index >= 15 is 0 Å². The molecule has 0 fully saturated rings. The largest absolute Gasteiger partial charge is 0.384 e. The van der Waals surface area contributed by atoms with Crippen LogP contribution in [0.4, 0.5) is 0 Å². The third-order valence-electron chi connectivity index (χ3n) is 1.30. The molecule has 0 unspecified atom stereocenters. The van der Waals surface area contributed by atoms with Gasteiger partial charge in [-0.25, -0.2) is 13.1 Å². The summed E-state index contributed by atoms with van der Waals surface area (Å²) in [6.45, 7) is 2.31. The SMILES string of the molecule is CC#CCCNS(=O)(=O)CCOC. The summed E-state index contributed by atoms with van der Waals surface area (Å²) in [5, 5.41) is 0. The fraction of sp³-hybridized carbons (Fsp3) is 0.750. The van der Waals surface area contributed by atoms with Crippen molar-refractivity contribution in [2.75, 3.05) is 26.0 Å². The van der Waals surface area contributed by atoms with E-state index in [9.17, 15) is 8.42 Å². The Hall–Kier alpha value is -0.570. The molecule has 0 bridgehead atoms. The highest BCUT2D eigenvalue weighted by Crippen LogP contribution is 1.85. The molecule has 0 heterocycles. The van der Waals surface area contributed by atoms with Gasteiger partial charge in [0.15, 0.2) is 0 Å². The van der Waals surface area contributed by atoms with Crippen molar-refractivity contribution in [2.24, 2.45) is 0 Å². The second-order valence-electron chi connectivity index (χ2n) is 2.38. The summed E-state index contributed by atoms with van der Waals surface area (Å²) < 4.78 is 29.3. The van der Waals surface area contributed by atoms with Crippen molar-refractivity contribution in [2.45, 2.75) is 13.3 Å². The molecule has 0 saturated carbocycles. The summed E-state index contributed by atoms with van der Waals surface area (Å²) >= 11 is 0. The van der Waals surface area contributed by atoms with Crippen LogP contribution in [0.2, 0.25) is 0 Å². The predicted octanol–water partition coefficient (Wildman–Crippen LogP) is -0.0344. The number of methoxy groups -OCH3 is 1. The maximum Gasteiger partial charge on any atom is 0.213 e. The molecule has 0 aromatic carbocycles. The second kappa shape index (κ2) is 6.89. The van der Waals surface area contributed by atoms with Gasteiger partial charge in [0, 0.05) is 20.1 Å². The summed E-state index contributed by atoms with van der Waals surface area (Å²) in [6, 6.07) is 0. The van der Waals surface area contributed by atoms with Gasteiger partial charge in [0.2, 0.25) is 10.0 Å². The summed E-state index contributed by atoms with van der Waals surface area (Å²) in [7, 11) is -1.70. The zero-order chi connectivity index (χ0) is 10.2. The minimum atomic E-state index is -3.17. The van der Waals surface area contributed by atoms with Crippen molar-refractivity contribution in [3.05, 3.63) is 0 Å². The van der Waals surface area contributed by atoms with Crippen molar-refractivity contribution < 1.29 is 13.2 Å². The fourth-order valence-electron chi connectivity index (χ4n) is 0.659. The van der Waals surface area contributed by atoms with E-state index in [0.717, 1.165) is 0 Å². The average Bonchev–Trinajstić information content (AvgIpc) is 2.09. The molecule has 0 radical (unpaired) electrons. The van der Waals surface area contributed by atoms with E-state index < -0.39 is 10.0 Å². The number of hydrogen-bond donors (Lipinski definition) is 1. The lowest BCUT2D eigenvalue weighted by Gasteiger charge is -2.03. The third-order valence-corrected chi connectivity index (χ3v) is 2.65. The molecule has 4 nitrogen and oxygen atoms in total. The predicted molar refractivity (Wildman–Crippen MR) is 51.7 cm³/mol. The summed E-state index contributed by atoms with van der Waals surface area (Å²) in [6.07, 6.45) is 0.544. The Morgan fingerprint density at radius 1 is 1.46 bits per heavy atom. The lowest BCUT2D eigenvalue weighted by molar-refractivity contribution is 0.217. The first-order valence-electron chi connectivity index (χ1n) is 3.98. The molecule has 76 valence electrons. The molecule has 0 spiro atoms. The minimum Gasteiger partial charge on any atom is -0.384 e. The van der Waals surface area contributed by atoms with Crippen LogP contribution in [-0.2, 0) is 14.8 Å². The van der Waals surface area contributed by atoms with E-state index in [0.29, 0.717) is 13.0 Å². The number of rotatable bonds is 6. The Balaban J connectivity index is 3.68. The number of nitrogens with one attached hydrogen (secondary N) is 1. The lowest BCUT2D eigenvalue weighted by atomic mass is 10.4. The van der Waals surface area contributed by atoms with E-state index in [1.54, 1.807) is 6.92 Å². The first kappa shape index (κ1) is 12.4. The first-order valence-corrected chi connectivity index (χ1v) is 5.63. The van der Waals surface area contributed by atoms with Crippen molar-refractivity contribution in [3.8, 4) is 11.8 Å². The minimum absolute atomic E-state index is 0.00303. The Bertz CT molecular complexity index is 273. The lowest BCUT2D eigenvalue weighted by Crippen LogP contribution is -2.28. The van der Waals surface area contributed by atoms with Crippen molar-refractivity contribution in [1.82, 2.24) is 4.72 Å². The standard InChI is InChI=1S/C8H15NO3S/c1-3-4-5-6-9-13(10,11)8-7-12-2/h9H,5-8H2,1-2H3. The molecular formula is C8H15NO3S. The van der Waals surface area contributed by atoms with Crippen LogP contribution in [-0.4, -0.2) is 34.4 Å². The second-order valence-corrected chi connectivity index (χ2v) is 4.31. The quantitative estimate of drug-likeness (QED) is 0.489. The van der Waals surface area contributed by atoms with Crippen LogP contribution in [0, 0.1) is 11.8 Å².